The van der Waals surface area contributed by atoms with Crippen LogP contribution in [0.4, 0.5) is 0 Å². The van der Waals surface area contributed by atoms with Crippen molar-refractivity contribution in [2.45, 2.75) is 24.9 Å². The highest BCUT2D eigenvalue weighted by Gasteiger charge is 2.39. The van der Waals surface area contributed by atoms with Crippen LogP contribution in [0.25, 0.3) is 12.2 Å². The number of hydrogen-bond acceptors (Lipinski definition) is 3. The second-order valence-electron chi connectivity index (χ2n) is 9.34. The number of methoxy groups -OCH3 is 1. The molecule has 1 heterocycles. The van der Waals surface area contributed by atoms with Gasteiger partial charge in [0.2, 0.25) is 5.91 Å². The SMILES string of the molecule is COc1ccc2c(c1/C=C/c1ccccc1)CC(C(=O)O)N(C(=O)C(c1ccccc1)c1ccccc1)C2. The minimum absolute atomic E-state index is 0.193. The van der Waals surface area contributed by atoms with E-state index in [4.69, 9.17) is 4.74 Å². The zero-order valence-electron chi connectivity index (χ0n) is 21.2. The fourth-order valence-electron chi connectivity index (χ4n) is 5.17. The Balaban J connectivity index is 1.56. The Bertz CT molecular complexity index is 1410. The summed E-state index contributed by atoms with van der Waals surface area (Å²) in [7, 11) is 1.61. The molecule has 0 saturated carbocycles. The van der Waals surface area contributed by atoms with Crippen molar-refractivity contribution >= 4 is 24.0 Å². The van der Waals surface area contributed by atoms with Crippen LogP contribution in [0.15, 0.2) is 103 Å². The molecule has 4 aromatic rings. The molecule has 5 nitrogen and oxygen atoms in total. The van der Waals surface area contributed by atoms with Crippen LogP contribution < -0.4 is 4.74 Å². The van der Waals surface area contributed by atoms with Crippen LogP contribution in [0.2, 0.25) is 0 Å². The molecule has 0 saturated heterocycles. The first kappa shape index (κ1) is 25.0. The first-order chi connectivity index (χ1) is 18.6. The third-order valence-electron chi connectivity index (χ3n) is 7.07. The summed E-state index contributed by atoms with van der Waals surface area (Å²) in [6.07, 6.45) is 4.16. The molecule has 190 valence electrons. The fourth-order valence-corrected chi connectivity index (χ4v) is 5.17. The Hall–Kier alpha value is -4.64. The molecule has 1 atom stereocenters. The van der Waals surface area contributed by atoms with Crippen LogP contribution in [-0.4, -0.2) is 35.0 Å². The van der Waals surface area contributed by atoms with Crippen molar-refractivity contribution < 1.29 is 19.4 Å². The van der Waals surface area contributed by atoms with Gasteiger partial charge in [-0.15, -0.1) is 0 Å². The van der Waals surface area contributed by atoms with Crippen molar-refractivity contribution in [3.05, 3.63) is 137 Å². The molecule has 0 radical (unpaired) electrons. The van der Waals surface area contributed by atoms with Gasteiger partial charge in [0.1, 0.15) is 11.8 Å². The average molecular weight is 504 g/mol. The molecule has 5 heteroatoms. The van der Waals surface area contributed by atoms with Crippen LogP contribution in [0.3, 0.4) is 0 Å². The topological polar surface area (TPSA) is 66.8 Å². The van der Waals surface area contributed by atoms with Gasteiger partial charge in [0, 0.05) is 18.5 Å². The van der Waals surface area contributed by atoms with E-state index in [-0.39, 0.29) is 18.9 Å². The van der Waals surface area contributed by atoms with Gasteiger partial charge in [0.25, 0.3) is 0 Å². The van der Waals surface area contributed by atoms with E-state index in [1.165, 1.54) is 4.90 Å². The van der Waals surface area contributed by atoms with Crippen LogP contribution in [0, 0.1) is 0 Å². The Morgan fingerprint density at radius 3 is 1.97 bits per heavy atom. The summed E-state index contributed by atoms with van der Waals surface area (Å²) < 4.78 is 5.64. The summed E-state index contributed by atoms with van der Waals surface area (Å²) in [6.45, 7) is 0.206. The third kappa shape index (κ3) is 5.09. The number of carbonyl (C=O) groups is 2. The molecule has 0 bridgehead atoms. The number of rotatable bonds is 7. The van der Waals surface area contributed by atoms with Crippen molar-refractivity contribution in [3.63, 3.8) is 0 Å². The third-order valence-corrected chi connectivity index (χ3v) is 7.07. The zero-order chi connectivity index (χ0) is 26.5. The molecule has 1 unspecified atom stereocenters. The van der Waals surface area contributed by atoms with E-state index in [1.54, 1.807) is 7.11 Å². The first-order valence-electron chi connectivity index (χ1n) is 12.6. The first-order valence-corrected chi connectivity index (χ1v) is 12.6. The van der Waals surface area contributed by atoms with Crippen LogP contribution >= 0.6 is 0 Å². The standard InChI is InChI=1S/C33H29NO4/c1-38-30-20-18-26-22-34(32(35)31(24-13-7-3-8-14-24)25-15-9-4-10-16-25)29(33(36)37)21-28(26)27(30)19-17-23-11-5-2-6-12-23/h2-20,29,31H,21-22H2,1H3,(H,36,37)/b19-17+. The van der Waals surface area contributed by atoms with E-state index in [9.17, 15) is 14.7 Å². The van der Waals surface area contributed by atoms with Gasteiger partial charge >= 0.3 is 5.97 Å². The van der Waals surface area contributed by atoms with E-state index in [1.807, 2.05) is 115 Å². The van der Waals surface area contributed by atoms with Crippen LogP contribution in [-0.2, 0) is 22.6 Å². The van der Waals surface area contributed by atoms with Gasteiger partial charge in [-0.05, 0) is 33.9 Å². The zero-order valence-corrected chi connectivity index (χ0v) is 21.2. The lowest BCUT2D eigenvalue weighted by molar-refractivity contribution is -0.151. The molecule has 0 spiro atoms. The highest BCUT2D eigenvalue weighted by atomic mass is 16.5. The molecule has 1 amide bonds. The van der Waals surface area contributed by atoms with Crippen LogP contribution in [0.5, 0.6) is 5.75 Å². The smallest absolute Gasteiger partial charge is 0.326 e. The lowest BCUT2D eigenvalue weighted by Gasteiger charge is -2.37. The van der Waals surface area contributed by atoms with Crippen molar-refractivity contribution in [2.24, 2.45) is 0 Å². The normalized spacial score (nSPS) is 14.9. The molecule has 5 rings (SSSR count). The molecule has 0 fully saturated rings. The van der Waals surface area contributed by atoms with Gasteiger partial charge in [0.05, 0.1) is 13.0 Å². The Morgan fingerprint density at radius 2 is 1.42 bits per heavy atom. The summed E-state index contributed by atoms with van der Waals surface area (Å²) in [5, 5.41) is 10.3. The van der Waals surface area contributed by atoms with Crippen LogP contribution in [0.1, 0.15) is 39.3 Å². The lowest BCUT2D eigenvalue weighted by atomic mass is 9.85. The van der Waals surface area contributed by atoms with Gasteiger partial charge < -0.3 is 14.7 Å². The summed E-state index contributed by atoms with van der Waals surface area (Å²) in [6, 6.07) is 31.8. The summed E-state index contributed by atoms with van der Waals surface area (Å²) >= 11 is 0. The molecule has 1 aliphatic heterocycles. The highest BCUT2D eigenvalue weighted by molar-refractivity contribution is 5.91. The maximum absolute atomic E-state index is 14.2. The van der Waals surface area contributed by atoms with Crippen molar-refractivity contribution in [3.8, 4) is 5.75 Å². The number of carboxylic acid groups (broad SMARTS) is 1. The minimum atomic E-state index is -1.02. The van der Waals surface area contributed by atoms with E-state index < -0.39 is 17.9 Å². The van der Waals surface area contributed by atoms with E-state index >= 15 is 0 Å². The molecule has 1 aliphatic rings. The maximum Gasteiger partial charge on any atom is 0.326 e. The Morgan fingerprint density at radius 1 is 0.842 bits per heavy atom. The van der Waals surface area contributed by atoms with Gasteiger partial charge in [-0.25, -0.2) is 4.79 Å². The lowest BCUT2D eigenvalue weighted by Crippen LogP contribution is -2.50. The minimum Gasteiger partial charge on any atom is -0.496 e. The van der Waals surface area contributed by atoms with Gasteiger partial charge in [-0.2, -0.15) is 0 Å². The number of carboxylic acids is 1. The fraction of sp³-hybridized carbons (Fsp3) is 0.152. The molecule has 0 aromatic heterocycles. The predicted molar refractivity (Wildman–Crippen MR) is 149 cm³/mol. The predicted octanol–water partition coefficient (Wildman–Crippen LogP) is 6.04. The molecule has 38 heavy (non-hydrogen) atoms. The number of benzene rings is 4. The molecule has 4 aromatic carbocycles. The van der Waals surface area contributed by atoms with Gasteiger partial charge in [-0.3, -0.25) is 4.79 Å². The summed E-state index contributed by atoms with van der Waals surface area (Å²) in [5.74, 6) is -1.18. The van der Waals surface area contributed by atoms with E-state index in [0.29, 0.717) is 5.75 Å². The van der Waals surface area contributed by atoms with E-state index in [2.05, 4.69) is 0 Å². The Kier molecular flexibility index (Phi) is 7.36. The summed E-state index contributed by atoms with van der Waals surface area (Å²) in [4.78, 5) is 28.3. The largest absolute Gasteiger partial charge is 0.496 e. The molecular weight excluding hydrogens is 474 g/mol. The molecule has 0 aliphatic carbocycles. The van der Waals surface area contributed by atoms with Gasteiger partial charge in [-0.1, -0.05) is 109 Å². The quantitative estimate of drug-likeness (QED) is 0.313. The van der Waals surface area contributed by atoms with E-state index in [0.717, 1.165) is 33.4 Å². The molecular formula is C33H29NO4. The van der Waals surface area contributed by atoms with Crippen molar-refractivity contribution in [1.82, 2.24) is 4.90 Å². The maximum atomic E-state index is 14.2. The number of hydrogen-bond donors (Lipinski definition) is 1. The van der Waals surface area contributed by atoms with Crippen molar-refractivity contribution in [1.29, 1.82) is 0 Å². The number of amides is 1. The number of nitrogens with zero attached hydrogens (tertiary/aromatic N) is 1. The summed E-state index contributed by atoms with van der Waals surface area (Å²) in [5.41, 5.74) is 5.35. The average Bonchev–Trinajstić information content (AvgIpc) is 2.96. The number of fused-ring (bicyclic) bond motifs is 1. The second-order valence-corrected chi connectivity index (χ2v) is 9.34. The Labute approximate surface area is 222 Å². The highest BCUT2D eigenvalue weighted by Crippen LogP contribution is 2.36. The second kappa shape index (κ2) is 11.2. The number of aliphatic carboxylic acids is 1. The number of ether oxygens (including phenoxy) is 1. The van der Waals surface area contributed by atoms with Crippen molar-refractivity contribution in [2.75, 3.05) is 7.11 Å². The van der Waals surface area contributed by atoms with Gasteiger partial charge in [0.15, 0.2) is 0 Å². The monoisotopic (exact) mass is 503 g/mol. The number of carbonyl (C=O) groups excluding carboxylic acids is 1. The molecule has 1 N–H and O–H groups in total.